The summed E-state index contributed by atoms with van der Waals surface area (Å²) in [5, 5.41) is 19.7. The molecule has 1 aliphatic carbocycles. The van der Waals surface area contributed by atoms with Crippen LogP contribution >= 0.6 is 0 Å². The Labute approximate surface area is 235 Å². The summed E-state index contributed by atoms with van der Waals surface area (Å²) in [6.45, 7) is 3.96. The van der Waals surface area contributed by atoms with E-state index in [2.05, 4.69) is 13.0 Å². The second-order valence-electron chi connectivity index (χ2n) is 10.5. The molecule has 0 spiro atoms. The first-order chi connectivity index (χ1) is 19.5. The number of hydrogen-bond donors (Lipinski definition) is 1. The van der Waals surface area contributed by atoms with Gasteiger partial charge in [-0.3, -0.25) is 9.36 Å². The quantitative estimate of drug-likeness (QED) is 0.287. The minimum atomic E-state index is -0.439. The molecule has 0 bridgehead atoms. The van der Waals surface area contributed by atoms with Crippen LogP contribution in [-0.4, -0.2) is 26.9 Å². The van der Waals surface area contributed by atoms with Crippen molar-refractivity contribution in [2.75, 3.05) is 0 Å². The Balaban J connectivity index is 1.43. The fourth-order valence-electron chi connectivity index (χ4n) is 5.55. The normalized spacial score (nSPS) is 16.9. The molecule has 5 rings (SSSR count). The molecule has 0 radical (unpaired) electrons. The molecule has 6 nitrogen and oxygen atoms in total. The number of hydrogen-bond acceptors (Lipinski definition) is 5. The molecule has 0 saturated heterocycles. The summed E-state index contributed by atoms with van der Waals surface area (Å²) in [6, 6.07) is 25.4. The van der Waals surface area contributed by atoms with Gasteiger partial charge in [0.2, 0.25) is 0 Å². The SMILES string of the molecule is CCCc1nc(C)n(-c2ccc(O[C@H]3CCCCC3O)cc2)c(=O)c1Cc1ccc(-c2ccccc2C#N)cc1. The predicted molar refractivity (Wildman–Crippen MR) is 157 cm³/mol. The molecule has 0 aliphatic heterocycles. The van der Waals surface area contributed by atoms with Crippen molar-refractivity contribution in [3.8, 4) is 28.6 Å². The maximum absolute atomic E-state index is 13.9. The van der Waals surface area contributed by atoms with E-state index in [4.69, 9.17) is 9.72 Å². The number of rotatable bonds is 8. The molecule has 1 aromatic heterocycles. The molecule has 40 heavy (non-hydrogen) atoms. The van der Waals surface area contributed by atoms with Crippen LogP contribution in [0.15, 0.2) is 77.6 Å². The highest BCUT2D eigenvalue weighted by Gasteiger charge is 2.24. The highest BCUT2D eigenvalue weighted by Crippen LogP contribution is 2.26. The third kappa shape index (κ3) is 5.85. The summed E-state index contributed by atoms with van der Waals surface area (Å²) >= 11 is 0. The van der Waals surface area contributed by atoms with Gasteiger partial charge in [-0.05, 0) is 79.6 Å². The van der Waals surface area contributed by atoms with Crippen molar-refractivity contribution in [1.29, 1.82) is 5.26 Å². The number of ether oxygens (including phenoxy) is 1. The van der Waals surface area contributed by atoms with Gasteiger partial charge in [-0.25, -0.2) is 4.98 Å². The van der Waals surface area contributed by atoms with Crippen molar-refractivity contribution in [3.05, 3.63) is 111 Å². The molecule has 204 valence electrons. The molecule has 1 N–H and O–H groups in total. The van der Waals surface area contributed by atoms with Crippen molar-refractivity contribution in [2.45, 2.75) is 71.0 Å². The van der Waals surface area contributed by atoms with Crippen molar-refractivity contribution >= 4 is 0 Å². The Kier molecular flexibility index (Phi) is 8.42. The molecule has 1 heterocycles. The van der Waals surface area contributed by atoms with Gasteiger partial charge in [-0.2, -0.15) is 5.26 Å². The van der Waals surface area contributed by atoms with Crippen LogP contribution in [0.1, 0.15) is 67.2 Å². The van der Waals surface area contributed by atoms with Crippen molar-refractivity contribution in [3.63, 3.8) is 0 Å². The van der Waals surface area contributed by atoms with Gasteiger partial charge in [0.1, 0.15) is 17.7 Å². The summed E-state index contributed by atoms with van der Waals surface area (Å²) in [4.78, 5) is 18.8. The zero-order valence-corrected chi connectivity index (χ0v) is 23.1. The first kappa shape index (κ1) is 27.4. The molecular weight excluding hydrogens is 498 g/mol. The van der Waals surface area contributed by atoms with Gasteiger partial charge in [0.25, 0.3) is 5.56 Å². The molecule has 2 atom stereocenters. The van der Waals surface area contributed by atoms with Crippen LogP contribution in [0.25, 0.3) is 16.8 Å². The Hall–Kier alpha value is -4.21. The van der Waals surface area contributed by atoms with Crippen molar-refractivity contribution in [1.82, 2.24) is 9.55 Å². The number of nitriles is 1. The van der Waals surface area contributed by atoms with Gasteiger partial charge in [-0.15, -0.1) is 0 Å². The summed E-state index contributed by atoms with van der Waals surface area (Å²) < 4.78 is 7.73. The lowest BCUT2D eigenvalue weighted by atomic mass is 9.95. The van der Waals surface area contributed by atoms with Gasteiger partial charge >= 0.3 is 0 Å². The molecule has 1 unspecified atom stereocenters. The number of aliphatic hydroxyl groups is 1. The van der Waals surface area contributed by atoms with Crippen LogP contribution in [-0.2, 0) is 12.8 Å². The molecule has 1 saturated carbocycles. The second kappa shape index (κ2) is 12.3. The number of aryl methyl sites for hydroxylation is 2. The molecule has 0 amide bonds. The lowest BCUT2D eigenvalue weighted by Gasteiger charge is -2.28. The molecule has 1 aliphatic rings. The third-order valence-corrected chi connectivity index (χ3v) is 7.66. The van der Waals surface area contributed by atoms with Crippen LogP contribution in [0.5, 0.6) is 5.75 Å². The molecule has 1 fully saturated rings. The zero-order chi connectivity index (χ0) is 28.1. The lowest BCUT2D eigenvalue weighted by molar-refractivity contribution is 0.00688. The van der Waals surface area contributed by atoms with E-state index in [1.165, 1.54) is 0 Å². The van der Waals surface area contributed by atoms with E-state index in [0.29, 0.717) is 29.1 Å². The van der Waals surface area contributed by atoms with E-state index < -0.39 is 6.10 Å². The number of benzene rings is 3. The van der Waals surface area contributed by atoms with Gasteiger partial charge in [0.15, 0.2) is 0 Å². The van der Waals surface area contributed by atoms with Crippen LogP contribution in [0, 0.1) is 18.3 Å². The topological polar surface area (TPSA) is 88.1 Å². The number of aromatic nitrogens is 2. The average Bonchev–Trinajstić information content (AvgIpc) is 2.97. The smallest absolute Gasteiger partial charge is 0.261 e. The summed E-state index contributed by atoms with van der Waals surface area (Å²) in [6.07, 6.45) is 5.18. The van der Waals surface area contributed by atoms with Crippen LogP contribution in [0.2, 0.25) is 0 Å². The van der Waals surface area contributed by atoms with Gasteiger partial charge < -0.3 is 9.84 Å². The number of aliphatic hydroxyl groups excluding tert-OH is 1. The Morgan fingerprint density at radius 1 is 1.02 bits per heavy atom. The Morgan fingerprint density at radius 3 is 2.45 bits per heavy atom. The Morgan fingerprint density at radius 2 is 1.75 bits per heavy atom. The Bertz CT molecular complexity index is 1570. The van der Waals surface area contributed by atoms with Crippen molar-refractivity contribution in [2.24, 2.45) is 0 Å². The standard InChI is InChI=1S/C34H35N3O3/c1-3-8-31-30(21-24-13-15-25(16-14-24)29-10-5-4-9-26(29)22-35)34(39)37(23(2)36-31)27-17-19-28(20-18-27)40-33-12-7-6-11-32(33)38/h4-5,9-10,13-20,32-33,38H,3,6-8,11-12,21H2,1-2H3/t32?,33-/m0/s1. The second-order valence-corrected chi connectivity index (χ2v) is 10.5. The highest BCUT2D eigenvalue weighted by molar-refractivity contribution is 5.70. The molecule has 6 heteroatoms. The van der Waals surface area contributed by atoms with Crippen LogP contribution < -0.4 is 10.3 Å². The van der Waals surface area contributed by atoms with E-state index >= 15 is 0 Å². The van der Waals surface area contributed by atoms with Gasteiger partial charge in [0, 0.05) is 12.0 Å². The van der Waals surface area contributed by atoms with E-state index in [1.807, 2.05) is 79.7 Å². The minimum absolute atomic E-state index is 0.0637. The maximum Gasteiger partial charge on any atom is 0.261 e. The zero-order valence-electron chi connectivity index (χ0n) is 23.1. The summed E-state index contributed by atoms with van der Waals surface area (Å²) in [5.74, 6) is 1.34. The van der Waals surface area contributed by atoms with Gasteiger partial charge in [0.05, 0.1) is 29.1 Å². The first-order valence-electron chi connectivity index (χ1n) is 14.1. The van der Waals surface area contributed by atoms with E-state index in [9.17, 15) is 15.2 Å². The monoisotopic (exact) mass is 533 g/mol. The minimum Gasteiger partial charge on any atom is -0.488 e. The third-order valence-electron chi connectivity index (χ3n) is 7.66. The molecule has 4 aromatic rings. The van der Waals surface area contributed by atoms with Crippen molar-refractivity contribution < 1.29 is 9.84 Å². The molecular formula is C34H35N3O3. The summed E-state index contributed by atoms with van der Waals surface area (Å²) in [7, 11) is 0. The molecule has 3 aromatic carbocycles. The highest BCUT2D eigenvalue weighted by atomic mass is 16.5. The van der Waals surface area contributed by atoms with Crippen LogP contribution in [0.4, 0.5) is 0 Å². The average molecular weight is 534 g/mol. The largest absolute Gasteiger partial charge is 0.488 e. The lowest BCUT2D eigenvalue weighted by Crippen LogP contribution is -2.34. The fraction of sp³-hybridized carbons (Fsp3) is 0.324. The van der Waals surface area contributed by atoms with E-state index in [-0.39, 0.29) is 11.7 Å². The van der Waals surface area contributed by atoms with E-state index in [0.717, 1.165) is 66.6 Å². The number of nitrogens with zero attached hydrogens (tertiary/aromatic N) is 3. The summed E-state index contributed by atoms with van der Waals surface area (Å²) in [5.41, 5.74) is 5.72. The van der Waals surface area contributed by atoms with Gasteiger partial charge in [-0.1, -0.05) is 62.2 Å². The maximum atomic E-state index is 13.9. The fourth-order valence-corrected chi connectivity index (χ4v) is 5.55. The van der Waals surface area contributed by atoms with Crippen LogP contribution in [0.3, 0.4) is 0 Å². The van der Waals surface area contributed by atoms with E-state index in [1.54, 1.807) is 4.57 Å². The first-order valence-corrected chi connectivity index (χ1v) is 14.1. The predicted octanol–water partition coefficient (Wildman–Crippen LogP) is 6.31.